The van der Waals surface area contributed by atoms with Crippen LogP contribution in [0.4, 0.5) is 11.4 Å². The fourth-order valence-electron chi connectivity index (χ4n) is 3.80. The van der Waals surface area contributed by atoms with Crippen molar-refractivity contribution < 1.29 is 18.1 Å². The quantitative estimate of drug-likeness (QED) is 0.439. The third kappa shape index (κ3) is 5.10. The van der Waals surface area contributed by atoms with Gasteiger partial charge in [0.25, 0.3) is 5.69 Å². The van der Waals surface area contributed by atoms with Gasteiger partial charge in [-0.3, -0.25) is 14.9 Å². The molecular weight excluding hydrogens is 442 g/mol. The Labute approximate surface area is 192 Å². The van der Waals surface area contributed by atoms with E-state index in [2.05, 4.69) is 5.32 Å². The molecule has 1 amide bonds. The summed E-state index contributed by atoms with van der Waals surface area (Å²) in [5, 5.41) is 13.6. The molecule has 0 bridgehead atoms. The number of hydrogen-bond acceptors (Lipinski definition) is 5. The first-order valence-corrected chi connectivity index (χ1v) is 11.9. The zero-order valence-electron chi connectivity index (χ0n) is 18.0. The van der Waals surface area contributed by atoms with Gasteiger partial charge in [0, 0.05) is 30.9 Å². The Bertz CT molecular complexity index is 1300. The zero-order chi connectivity index (χ0) is 23.6. The van der Waals surface area contributed by atoms with E-state index in [0.717, 1.165) is 16.7 Å². The molecule has 0 atom stereocenters. The van der Waals surface area contributed by atoms with E-state index >= 15 is 0 Å². The van der Waals surface area contributed by atoms with Crippen LogP contribution in [0.25, 0.3) is 0 Å². The van der Waals surface area contributed by atoms with Crippen molar-refractivity contribution in [3.05, 3.63) is 99.1 Å². The van der Waals surface area contributed by atoms with Gasteiger partial charge < -0.3 is 5.32 Å². The Kier molecular flexibility index (Phi) is 6.26. The molecule has 1 heterocycles. The Morgan fingerprint density at radius 1 is 1.03 bits per heavy atom. The summed E-state index contributed by atoms with van der Waals surface area (Å²) in [4.78, 5) is 23.0. The summed E-state index contributed by atoms with van der Waals surface area (Å²) in [7, 11) is -3.61. The van der Waals surface area contributed by atoms with Crippen molar-refractivity contribution in [3.8, 4) is 0 Å². The maximum Gasteiger partial charge on any atom is 0.269 e. The third-order valence-electron chi connectivity index (χ3n) is 5.64. The number of sulfonamides is 1. The molecule has 0 saturated carbocycles. The van der Waals surface area contributed by atoms with Gasteiger partial charge in [0.15, 0.2) is 0 Å². The molecule has 0 fully saturated rings. The normalized spacial score (nSPS) is 13.8. The van der Waals surface area contributed by atoms with Crippen LogP contribution in [0, 0.1) is 17.0 Å². The lowest BCUT2D eigenvalue weighted by molar-refractivity contribution is -0.384. The highest BCUT2D eigenvalue weighted by Crippen LogP contribution is 2.27. The van der Waals surface area contributed by atoms with Crippen molar-refractivity contribution in [1.29, 1.82) is 0 Å². The molecule has 3 aromatic rings. The van der Waals surface area contributed by atoms with E-state index < -0.39 is 14.9 Å². The predicted octanol–water partition coefficient (Wildman–Crippen LogP) is 3.83. The Hall–Kier alpha value is -3.56. The third-order valence-corrected chi connectivity index (χ3v) is 7.50. The maximum absolute atomic E-state index is 13.1. The molecule has 33 heavy (non-hydrogen) atoms. The van der Waals surface area contributed by atoms with Crippen molar-refractivity contribution in [2.24, 2.45) is 0 Å². The first-order chi connectivity index (χ1) is 15.7. The van der Waals surface area contributed by atoms with Gasteiger partial charge >= 0.3 is 0 Å². The lowest BCUT2D eigenvalue weighted by atomic mass is 10.0. The molecule has 1 N–H and O–H groups in total. The van der Waals surface area contributed by atoms with Gasteiger partial charge in [-0.25, -0.2) is 8.42 Å². The van der Waals surface area contributed by atoms with Crippen LogP contribution in [-0.2, 0) is 34.2 Å². The standard InChI is InChI=1S/C24H23N3O5S/c1-17-2-10-23(11-3-17)33(31,32)26-13-12-19-6-7-21(15-20(19)16-26)25-24(28)14-18-4-8-22(9-5-18)27(29)30/h2-11,15H,12-14,16H2,1H3,(H,25,28). The summed E-state index contributed by atoms with van der Waals surface area (Å²) < 4.78 is 27.6. The van der Waals surface area contributed by atoms with Crippen LogP contribution in [0.1, 0.15) is 22.3 Å². The number of carbonyl (C=O) groups excluding carboxylic acids is 1. The van der Waals surface area contributed by atoms with Crippen molar-refractivity contribution in [1.82, 2.24) is 4.31 Å². The number of nitrogens with zero attached hydrogens (tertiary/aromatic N) is 2. The molecule has 0 saturated heterocycles. The lowest BCUT2D eigenvalue weighted by Crippen LogP contribution is -2.36. The van der Waals surface area contributed by atoms with Crippen molar-refractivity contribution >= 4 is 27.3 Å². The molecule has 1 aliphatic rings. The number of fused-ring (bicyclic) bond motifs is 1. The van der Waals surface area contributed by atoms with Crippen LogP contribution in [0.15, 0.2) is 71.6 Å². The van der Waals surface area contributed by atoms with Crippen LogP contribution in [0.5, 0.6) is 0 Å². The average molecular weight is 466 g/mol. The molecule has 0 spiro atoms. The van der Waals surface area contributed by atoms with Crippen molar-refractivity contribution in [2.45, 2.75) is 31.2 Å². The van der Waals surface area contributed by atoms with E-state index in [1.54, 1.807) is 48.5 Å². The number of rotatable bonds is 6. The molecule has 170 valence electrons. The van der Waals surface area contributed by atoms with Gasteiger partial charge in [-0.2, -0.15) is 4.31 Å². The first-order valence-electron chi connectivity index (χ1n) is 10.4. The van der Waals surface area contributed by atoms with Gasteiger partial charge in [0.05, 0.1) is 16.2 Å². The summed E-state index contributed by atoms with van der Waals surface area (Å²) in [6.45, 7) is 2.54. The van der Waals surface area contributed by atoms with Crippen molar-refractivity contribution in [2.75, 3.05) is 11.9 Å². The Morgan fingerprint density at radius 3 is 2.39 bits per heavy atom. The van der Waals surface area contributed by atoms with Gasteiger partial charge in [-0.1, -0.05) is 35.9 Å². The largest absolute Gasteiger partial charge is 0.326 e. The number of nitro groups is 1. The average Bonchev–Trinajstić information content (AvgIpc) is 2.79. The summed E-state index contributed by atoms with van der Waals surface area (Å²) in [5.41, 5.74) is 4.11. The highest BCUT2D eigenvalue weighted by atomic mass is 32.2. The maximum atomic E-state index is 13.1. The van der Waals surface area contributed by atoms with Crippen LogP contribution in [-0.4, -0.2) is 30.1 Å². The van der Waals surface area contributed by atoms with Crippen LogP contribution < -0.4 is 5.32 Å². The Morgan fingerprint density at radius 2 is 1.73 bits per heavy atom. The second-order valence-corrected chi connectivity index (χ2v) is 9.97. The minimum Gasteiger partial charge on any atom is -0.326 e. The van der Waals surface area contributed by atoms with E-state index in [9.17, 15) is 23.3 Å². The van der Waals surface area contributed by atoms with E-state index in [1.807, 2.05) is 13.0 Å². The molecule has 9 heteroatoms. The summed E-state index contributed by atoms with van der Waals surface area (Å²) in [6, 6.07) is 18.2. The minimum atomic E-state index is -3.61. The number of carbonyl (C=O) groups is 1. The fourth-order valence-corrected chi connectivity index (χ4v) is 5.22. The SMILES string of the molecule is Cc1ccc(S(=O)(=O)N2CCc3ccc(NC(=O)Cc4ccc([N+](=O)[O-])cc4)cc3C2)cc1. The summed E-state index contributed by atoms with van der Waals surface area (Å²) in [5.74, 6) is -0.260. The van der Waals surface area contributed by atoms with Gasteiger partial charge in [-0.15, -0.1) is 0 Å². The summed E-state index contributed by atoms with van der Waals surface area (Å²) in [6.07, 6.45) is 0.667. The molecule has 0 aliphatic carbocycles. The fraction of sp³-hybridized carbons (Fsp3) is 0.208. The number of benzene rings is 3. The molecule has 0 aromatic heterocycles. The minimum absolute atomic E-state index is 0.0287. The molecule has 4 rings (SSSR count). The molecule has 1 aliphatic heterocycles. The lowest BCUT2D eigenvalue weighted by Gasteiger charge is -2.28. The molecule has 0 unspecified atom stereocenters. The van der Waals surface area contributed by atoms with E-state index in [1.165, 1.54) is 16.4 Å². The van der Waals surface area contributed by atoms with E-state index in [0.29, 0.717) is 24.2 Å². The summed E-state index contributed by atoms with van der Waals surface area (Å²) >= 11 is 0. The number of hydrogen-bond donors (Lipinski definition) is 1. The number of nitro benzene ring substituents is 1. The van der Waals surface area contributed by atoms with Crippen LogP contribution >= 0.6 is 0 Å². The first kappa shape index (κ1) is 22.6. The number of nitrogens with one attached hydrogen (secondary N) is 1. The molecule has 3 aromatic carbocycles. The van der Waals surface area contributed by atoms with Crippen LogP contribution in [0.3, 0.4) is 0 Å². The smallest absolute Gasteiger partial charge is 0.269 e. The predicted molar refractivity (Wildman–Crippen MR) is 124 cm³/mol. The van der Waals surface area contributed by atoms with Crippen molar-refractivity contribution in [3.63, 3.8) is 0 Å². The number of amides is 1. The zero-order valence-corrected chi connectivity index (χ0v) is 18.8. The molecular formula is C24H23N3O5S. The van der Waals surface area contributed by atoms with Crippen LogP contribution in [0.2, 0.25) is 0 Å². The number of aryl methyl sites for hydroxylation is 1. The topological polar surface area (TPSA) is 110 Å². The number of anilines is 1. The molecule has 0 radical (unpaired) electrons. The van der Waals surface area contributed by atoms with E-state index in [-0.39, 0.29) is 29.5 Å². The van der Waals surface area contributed by atoms with Gasteiger partial charge in [-0.05, 0) is 54.3 Å². The highest BCUT2D eigenvalue weighted by Gasteiger charge is 2.28. The highest BCUT2D eigenvalue weighted by molar-refractivity contribution is 7.89. The Balaban J connectivity index is 1.45. The van der Waals surface area contributed by atoms with Gasteiger partial charge in [0.2, 0.25) is 15.9 Å². The molecule has 8 nitrogen and oxygen atoms in total. The monoisotopic (exact) mass is 465 g/mol. The second-order valence-electron chi connectivity index (χ2n) is 8.03. The van der Waals surface area contributed by atoms with Gasteiger partial charge in [0.1, 0.15) is 0 Å². The van der Waals surface area contributed by atoms with E-state index in [4.69, 9.17) is 0 Å². The number of non-ortho nitro benzene ring substituents is 1. The second kappa shape index (κ2) is 9.13.